The predicted octanol–water partition coefficient (Wildman–Crippen LogP) is 4.67. The third-order valence-electron chi connectivity index (χ3n) is 4.24. The van der Waals surface area contributed by atoms with Gasteiger partial charge in [-0.15, -0.1) is 24.8 Å². The molecule has 134 valence electrons. The van der Waals surface area contributed by atoms with E-state index in [1.165, 1.54) is 19.3 Å². The summed E-state index contributed by atoms with van der Waals surface area (Å²) in [6.45, 7) is 2.69. The molecule has 3 heterocycles. The number of aromatic nitrogens is 2. The van der Waals surface area contributed by atoms with E-state index in [9.17, 15) is 0 Å². The monoisotopic (exact) mass is 380 g/mol. The third-order valence-corrected chi connectivity index (χ3v) is 4.24. The first kappa shape index (κ1) is 19.3. The summed E-state index contributed by atoms with van der Waals surface area (Å²) in [6, 6.07) is 12.0. The quantitative estimate of drug-likeness (QED) is 0.712. The van der Waals surface area contributed by atoms with Crippen LogP contribution in [0.25, 0.3) is 10.9 Å². The van der Waals surface area contributed by atoms with Crippen LogP contribution in [-0.4, -0.2) is 23.1 Å². The second-order valence-electron chi connectivity index (χ2n) is 5.87. The number of nitrogens with one attached hydrogen (secondary N) is 1. The molecule has 2 aromatic heterocycles. The van der Waals surface area contributed by atoms with Crippen molar-refractivity contribution < 1.29 is 4.42 Å². The van der Waals surface area contributed by atoms with E-state index in [0.717, 1.165) is 41.5 Å². The zero-order valence-electron chi connectivity index (χ0n) is 13.9. The Morgan fingerprint density at radius 3 is 2.52 bits per heavy atom. The highest BCUT2D eigenvalue weighted by Crippen LogP contribution is 2.25. The number of rotatable bonds is 4. The van der Waals surface area contributed by atoms with E-state index in [1.54, 1.807) is 6.26 Å². The van der Waals surface area contributed by atoms with Gasteiger partial charge in [0.05, 0.1) is 18.3 Å². The van der Waals surface area contributed by atoms with Gasteiger partial charge < -0.3 is 14.6 Å². The molecule has 0 spiro atoms. The number of benzene rings is 1. The molecule has 1 fully saturated rings. The minimum absolute atomic E-state index is 0. The van der Waals surface area contributed by atoms with Gasteiger partial charge in [-0.05, 0) is 43.5 Å². The van der Waals surface area contributed by atoms with Crippen LogP contribution < -0.4 is 10.2 Å². The average molecular weight is 381 g/mol. The lowest BCUT2D eigenvalue weighted by Crippen LogP contribution is -2.31. The Bertz CT molecular complexity index is 789. The van der Waals surface area contributed by atoms with Crippen LogP contribution in [0.15, 0.2) is 47.1 Å². The van der Waals surface area contributed by atoms with Gasteiger partial charge in [0.1, 0.15) is 11.6 Å². The topological polar surface area (TPSA) is 54.2 Å². The van der Waals surface area contributed by atoms with E-state index >= 15 is 0 Å². The fraction of sp³-hybridized carbons (Fsp3) is 0.333. The lowest BCUT2D eigenvalue weighted by atomic mass is 10.1. The van der Waals surface area contributed by atoms with E-state index in [-0.39, 0.29) is 24.8 Å². The van der Waals surface area contributed by atoms with Gasteiger partial charge in [-0.1, -0.05) is 12.1 Å². The molecule has 5 nitrogen and oxygen atoms in total. The Labute approximate surface area is 159 Å². The van der Waals surface area contributed by atoms with Crippen LogP contribution in [-0.2, 0) is 6.54 Å². The summed E-state index contributed by atoms with van der Waals surface area (Å²) in [4.78, 5) is 11.8. The SMILES string of the molecule is Cl.Cl.c1coc(CNc2nc(N3CCCCC3)nc3ccccc23)c1. The van der Waals surface area contributed by atoms with Crippen LogP contribution in [0.1, 0.15) is 25.0 Å². The number of hydrogen-bond donors (Lipinski definition) is 1. The van der Waals surface area contributed by atoms with Gasteiger partial charge >= 0.3 is 0 Å². The van der Waals surface area contributed by atoms with Crippen molar-refractivity contribution in [3.8, 4) is 0 Å². The highest BCUT2D eigenvalue weighted by atomic mass is 35.5. The number of anilines is 2. The Hall–Kier alpha value is -1.98. The number of halogens is 2. The molecule has 7 heteroatoms. The molecule has 1 N–H and O–H groups in total. The fourth-order valence-corrected chi connectivity index (χ4v) is 3.02. The van der Waals surface area contributed by atoms with E-state index in [0.29, 0.717) is 6.54 Å². The zero-order valence-corrected chi connectivity index (χ0v) is 15.5. The van der Waals surface area contributed by atoms with Gasteiger partial charge in [-0.2, -0.15) is 4.98 Å². The van der Waals surface area contributed by atoms with Crippen molar-refractivity contribution in [3.05, 3.63) is 48.4 Å². The molecule has 0 atom stereocenters. The highest BCUT2D eigenvalue weighted by molar-refractivity contribution is 5.90. The van der Waals surface area contributed by atoms with Crippen LogP contribution >= 0.6 is 24.8 Å². The average Bonchev–Trinajstić information content (AvgIpc) is 3.14. The van der Waals surface area contributed by atoms with Crippen LogP contribution in [0.4, 0.5) is 11.8 Å². The lowest BCUT2D eigenvalue weighted by molar-refractivity contribution is 0.518. The number of hydrogen-bond acceptors (Lipinski definition) is 5. The minimum atomic E-state index is 0. The molecule has 0 saturated carbocycles. The second kappa shape index (κ2) is 8.92. The first-order valence-electron chi connectivity index (χ1n) is 8.18. The minimum Gasteiger partial charge on any atom is -0.467 e. The maximum absolute atomic E-state index is 5.40. The number of para-hydroxylation sites is 1. The van der Waals surface area contributed by atoms with Crippen molar-refractivity contribution in [2.45, 2.75) is 25.8 Å². The molecule has 0 bridgehead atoms. The number of fused-ring (bicyclic) bond motifs is 1. The maximum Gasteiger partial charge on any atom is 0.227 e. The fourth-order valence-electron chi connectivity index (χ4n) is 3.02. The first-order valence-corrected chi connectivity index (χ1v) is 8.18. The van der Waals surface area contributed by atoms with E-state index in [1.807, 2.05) is 30.3 Å². The largest absolute Gasteiger partial charge is 0.467 e. The standard InChI is InChI=1S/C18H20N4O.2ClH/c1-4-10-22(11-5-1)18-20-16-9-3-2-8-15(16)17(21-18)19-13-14-7-6-12-23-14;;/h2-3,6-9,12H,1,4-5,10-11,13H2,(H,19,20,21);2*1H. The van der Waals surface area contributed by atoms with Crippen LogP contribution in [0.2, 0.25) is 0 Å². The lowest BCUT2D eigenvalue weighted by Gasteiger charge is -2.27. The molecule has 1 aromatic carbocycles. The van der Waals surface area contributed by atoms with E-state index < -0.39 is 0 Å². The number of furan rings is 1. The van der Waals surface area contributed by atoms with Crippen molar-refractivity contribution in [2.75, 3.05) is 23.3 Å². The van der Waals surface area contributed by atoms with Crippen LogP contribution in [0.3, 0.4) is 0 Å². The molecular weight excluding hydrogens is 359 g/mol. The Morgan fingerprint density at radius 1 is 0.960 bits per heavy atom. The highest BCUT2D eigenvalue weighted by Gasteiger charge is 2.16. The first-order chi connectivity index (χ1) is 11.4. The summed E-state index contributed by atoms with van der Waals surface area (Å²) < 4.78 is 5.40. The molecule has 1 aliphatic heterocycles. The number of piperidine rings is 1. The second-order valence-corrected chi connectivity index (χ2v) is 5.87. The summed E-state index contributed by atoms with van der Waals surface area (Å²) in [6.07, 6.45) is 5.42. The van der Waals surface area contributed by atoms with Gasteiger partial charge in [0, 0.05) is 18.5 Å². The van der Waals surface area contributed by atoms with Crippen LogP contribution in [0.5, 0.6) is 0 Å². The predicted molar refractivity (Wildman–Crippen MR) is 106 cm³/mol. The third kappa shape index (κ3) is 4.35. The van der Waals surface area contributed by atoms with Crippen molar-refractivity contribution in [3.63, 3.8) is 0 Å². The Morgan fingerprint density at radius 2 is 1.76 bits per heavy atom. The molecule has 3 aromatic rings. The summed E-state index contributed by atoms with van der Waals surface area (Å²) in [7, 11) is 0. The molecule has 25 heavy (non-hydrogen) atoms. The molecule has 1 saturated heterocycles. The Kier molecular flexibility index (Phi) is 6.91. The molecule has 0 unspecified atom stereocenters. The molecule has 0 aliphatic carbocycles. The van der Waals surface area contributed by atoms with Gasteiger partial charge in [-0.3, -0.25) is 0 Å². The number of nitrogens with zero attached hydrogens (tertiary/aromatic N) is 3. The van der Waals surface area contributed by atoms with Gasteiger partial charge in [-0.25, -0.2) is 4.98 Å². The normalized spacial score (nSPS) is 13.8. The van der Waals surface area contributed by atoms with Gasteiger partial charge in [0.25, 0.3) is 0 Å². The summed E-state index contributed by atoms with van der Waals surface area (Å²) >= 11 is 0. The maximum atomic E-state index is 5.40. The summed E-state index contributed by atoms with van der Waals surface area (Å²) in [5.41, 5.74) is 0.977. The molecule has 0 radical (unpaired) electrons. The van der Waals surface area contributed by atoms with Crippen LogP contribution in [0, 0.1) is 0 Å². The molecule has 4 rings (SSSR count). The van der Waals surface area contributed by atoms with E-state index in [2.05, 4.69) is 16.3 Å². The van der Waals surface area contributed by atoms with Gasteiger partial charge in [0.15, 0.2) is 0 Å². The summed E-state index contributed by atoms with van der Waals surface area (Å²) in [5.74, 6) is 2.59. The van der Waals surface area contributed by atoms with Crippen molar-refractivity contribution in [1.29, 1.82) is 0 Å². The smallest absolute Gasteiger partial charge is 0.227 e. The van der Waals surface area contributed by atoms with Crippen molar-refractivity contribution in [2.24, 2.45) is 0 Å². The molecule has 1 aliphatic rings. The summed E-state index contributed by atoms with van der Waals surface area (Å²) in [5, 5.41) is 4.44. The van der Waals surface area contributed by atoms with Crippen molar-refractivity contribution >= 4 is 47.5 Å². The molecule has 0 amide bonds. The van der Waals surface area contributed by atoms with Gasteiger partial charge in [0.2, 0.25) is 5.95 Å². The van der Waals surface area contributed by atoms with E-state index in [4.69, 9.17) is 14.4 Å². The zero-order chi connectivity index (χ0) is 15.5. The molecular formula is C18H22Cl2N4O. The Balaban J connectivity index is 0.00000113. The van der Waals surface area contributed by atoms with Crippen molar-refractivity contribution in [1.82, 2.24) is 9.97 Å².